The largest absolute Gasteiger partial charge is 0.547 e. The Labute approximate surface area is 149 Å². The minimum absolute atomic E-state index is 0.0216. The Kier molecular flexibility index (Phi) is 6.37. The summed E-state index contributed by atoms with van der Waals surface area (Å²) in [5.74, 6) is 0.801. The molecule has 0 radical (unpaired) electrons. The van der Waals surface area contributed by atoms with E-state index in [1.54, 1.807) is 0 Å². The molecule has 0 aromatic carbocycles. The lowest BCUT2D eigenvalue weighted by Gasteiger charge is -2.40. The van der Waals surface area contributed by atoms with Crippen molar-refractivity contribution in [2.45, 2.75) is 84.2 Å². The molecule has 0 unspecified atom stereocenters. The third-order valence-corrected chi connectivity index (χ3v) is 9.35. The Hall–Kier alpha value is -0.813. The molecular weight excluding hydrogens is 318 g/mol. The van der Waals surface area contributed by atoms with Gasteiger partial charge < -0.3 is 14.1 Å². The molecule has 1 aliphatic rings. The van der Waals surface area contributed by atoms with Gasteiger partial charge in [-0.2, -0.15) is 0 Å². The number of carbonyl (C=O) groups excluding carboxylic acids is 1. The van der Waals surface area contributed by atoms with Crippen molar-refractivity contribution in [2.24, 2.45) is 5.92 Å². The summed E-state index contributed by atoms with van der Waals surface area (Å²) in [6.07, 6.45) is 3.72. The van der Waals surface area contributed by atoms with Crippen LogP contribution in [0, 0.1) is 5.92 Å². The van der Waals surface area contributed by atoms with Crippen molar-refractivity contribution in [2.75, 3.05) is 14.1 Å². The minimum atomic E-state index is -1.85. The van der Waals surface area contributed by atoms with Gasteiger partial charge in [-0.1, -0.05) is 20.8 Å². The van der Waals surface area contributed by atoms with Crippen LogP contribution in [0.15, 0.2) is 11.8 Å². The summed E-state index contributed by atoms with van der Waals surface area (Å²) in [7, 11) is 2.17. The van der Waals surface area contributed by atoms with Crippen molar-refractivity contribution >= 4 is 14.3 Å². The normalized spacial score (nSPS) is 23.0. The van der Waals surface area contributed by atoms with E-state index in [9.17, 15) is 4.79 Å². The van der Waals surface area contributed by atoms with E-state index in [0.29, 0.717) is 0 Å². The highest BCUT2D eigenvalue weighted by atomic mass is 28.4. The van der Waals surface area contributed by atoms with Gasteiger partial charge in [-0.05, 0) is 65.5 Å². The third-order valence-electron chi connectivity index (χ3n) is 4.97. The lowest BCUT2D eigenvalue weighted by Crippen LogP contribution is -2.45. The van der Waals surface area contributed by atoms with Gasteiger partial charge >= 0.3 is 5.97 Å². The van der Waals surface area contributed by atoms with Gasteiger partial charge in [-0.15, -0.1) is 0 Å². The summed E-state index contributed by atoms with van der Waals surface area (Å²) < 4.78 is 12.1. The topological polar surface area (TPSA) is 38.8 Å². The molecule has 1 aliphatic carbocycles. The smallest absolute Gasteiger partial charge is 0.311 e. The van der Waals surface area contributed by atoms with Gasteiger partial charge in [0.2, 0.25) is 8.32 Å². The van der Waals surface area contributed by atoms with Gasteiger partial charge in [0.05, 0.1) is 11.7 Å². The third kappa shape index (κ3) is 5.62. The molecule has 0 aromatic heterocycles. The van der Waals surface area contributed by atoms with E-state index in [4.69, 9.17) is 9.16 Å². The second-order valence-corrected chi connectivity index (χ2v) is 14.4. The molecule has 0 aliphatic heterocycles. The molecule has 140 valence electrons. The molecule has 5 heteroatoms. The van der Waals surface area contributed by atoms with Gasteiger partial charge in [0.25, 0.3) is 0 Å². The molecule has 0 aromatic rings. The maximum Gasteiger partial charge on any atom is 0.311 e. The lowest BCUT2D eigenvalue weighted by atomic mass is 9.87. The molecule has 24 heavy (non-hydrogen) atoms. The molecule has 1 rings (SSSR count). The maximum absolute atomic E-state index is 12.6. The predicted octanol–water partition coefficient (Wildman–Crippen LogP) is 4.57. The maximum atomic E-state index is 12.6. The average molecular weight is 356 g/mol. The molecule has 0 fully saturated rings. The quantitative estimate of drug-likeness (QED) is 0.547. The van der Waals surface area contributed by atoms with Crippen LogP contribution in [0.2, 0.25) is 18.1 Å². The summed E-state index contributed by atoms with van der Waals surface area (Å²) >= 11 is 0. The van der Waals surface area contributed by atoms with Crippen LogP contribution in [0.5, 0.6) is 0 Å². The van der Waals surface area contributed by atoms with E-state index in [2.05, 4.69) is 44.8 Å². The summed E-state index contributed by atoms with van der Waals surface area (Å²) in [6.45, 7) is 17.0. The Balaban J connectivity index is 2.96. The zero-order valence-electron chi connectivity index (χ0n) is 17.3. The number of esters is 1. The van der Waals surface area contributed by atoms with Gasteiger partial charge in [0.15, 0.2) is 0 Å². The second kappa shape index (κ2) is 7.20. The fourth-order valence-electron chi connectivity index (χ4n) is 2.57. The highest BCUT2D eigenvalue weighted by Crippen LogP contribution is 2.40. The van der Waals surface area contributed by atoms with E-state index in [-0.39, 0.29) is 23.0 Å². The zero-order valence-corrected chi connectivity index (χ0v) is 18.3. The van der Waals surface area contributed by atoms with Crippen LogP contribution in [0.25, 0.3) is 0 Å². The second-order valence-electron chi connectivity index (χ2n) is 9.63. The minimum Gasteiger partial charge on any atom is -0.547 e. The molecule has 4 nitrogen and oxygen atoms in total. The highest BCUT2D eigenvalue weighted by Gasteiger charge is 2.41. The van der Waals surface area contributed by atoms with Crippen molar-refractivity contribution in [3.8, 4) is 0 Å². The summed E-state index contributed by atoms with van der Waals surface area (Å²) in [4.78, 5) is 14.7. The molecule has 0 spiro atoms. The molecule has 2 atom stereocenters. The number of rotatable bonds is 4. The monoisotopic (exact) mass is 355 g/mol. The van der Waals surface area contributed by atoms with Crippen molar-refractivity contribution in [1.29, 1.82) is 0 Å². The first kappa shape index (κ1) is 21.2. The summed E-state index contributed by atoms with van der Waals surface area (Å²) in [6, 6.07) is 0.0216. The van der Waals surface area contributed by atoms with Crippen LogP contribution in [-0.2, 0) is 14.0 Å². The van der Waals surface area contributed by atoms with Gasteiger partial charge in [-0.3, -0.25) is 4.79 Å². The van der Waals surface area contributed by atoms with E-state index >= 15 is 0 Å². The van der Waals surface area contributed by atoms with Crippen molar-refractivity contribution in [3.63, 3.8) is 0 Å². The van der Waals surface area contributed by atoms with Crippen LogP contribution in [0.4, 0.5) is 0 Å². The molecule has 0 amide bonds. The van der Waals surface area contributed by atoms with E-state index < -0.39 is 13.9 Å². The lowest BCUT2D eigenvalue weighted by molar-refractivity contribution is -0.162. The molecular formula is C19H37NO3Si. The average Bonchev–Trinajstić information content (AvgIpc) is 2.34. The van der Waals surface area contributed by atoms with Crippen molar-refractivity contribution in [1.82, 2.24) is 4.90 Å². The summed E-state index contributed by atoms with van der Waals surface area (Å²) in [5.41, 5.74) is -0.449. The number of hydrogen-bond acceptors (Lipinski definition) is 4. The number of carbonyl (C=O) groups is 1. The first-order chi connectivity index (χ1) is 10.6. The molecule has 0 saturated carbocycles. The van der Waals surface area contributed by atoms with Crippen molar-refractivity contribution < 1.29 is 14.0 Å². The van der Waals surface area contributed by atoms with Gasteiger partial charge in [0.1, 0.15) is 5.60 Å². The fraction of sp³-hybridized carbons (Fsp3) is 0.842. The van der Waals surface area contributed by atoms with Crippen LogP contribution in [0.3, 0.4) is 0 Å². The molecule has 0 bridgehead atoms. The SMILES string of the molecule is CN(C)[C@H]1C=C(O[Si](C)(C)C(C)(C)C)CC[C@H]1C(=O)OC(C)(C)C. The van der Waals surface area contributed by atoms with E-state index in [1.807, 2.05) is 34.9 Å². The highest BCUT2D eigenvalue weighted by molar-refractivity contribution is 6.74. The zero-order chi connectivity index (χ0) is 18.9. The number of allylic oxidation sites excluding steroid dienone is 1. The molecule has 0 heterocycles. The van der Waals surface area contributed by atoms with Crippen LogP contribution in [-0.4, -0.2) is 44.9 Å². The van der Waals surface area contributed by atoms with Gasteiger partial charge in [0, 0.05) is 12.5 Å². The predicted molar refractivity (Wildman–Crippen MR) is 102 cm³/mol. The number of hydrogen-bond donors (Lipinski definition) is 0. The standard InChI is InChI=1S/C19H37NO3Si/c1-18(2,3)22-17(21)15-12-11-14(13-16(15)20(7)8)23-24(9,10)19(4,5)6/h13,15-16H,11-12H2,1-10H3/t15-,16+/m1/s1. The van der Waals surface area contributed by atoms with Crippen LogP contribution >= 0.6 is 0 Å². The summed E-state index contributed by atoms with van der Waals surface area (Å²) in [5, 5.41) is 0.170. The Bertz CT molecular complexity index is 484. The number of likely N-dealkylation sites (N-methyl/N-ethyl adjacent to an activating group) is 1. The van der Waals surface area contributed by atoms with E-state index in [0.717, 1.165) is 18.6 Å². The molecule has 0 saturated heterocycles. The van der Waals surface area contributed by atoms with Crippen LogP contribution < -0.4 is 0 Å². The Morgan fingerprint density at radius 1 is 1.17 bits per heavy atom. The Morgan fingerprint density at radius 2 is 1.71 bits per heavy atom. The number of nitrogens with zero attached hydrogens (tertiary/aromatic N) is 1. The first-order valence-corrected chi connectivity index (χ1v) is 11.8. The first-order valence-electron chi connectivity index (χ1n) is 8.93. The Morgan fingerprint density at radius 3 is 2.12 bits per heavy atom. The van der Waals surface area contributed by atoms with Crippen LogP contribution in [0.1, 0.15) is 54.4 Å². The molecule has 0 N–H and O–H groups in total. The van der Waals surface area contributed by atoms with E-state index in [1.165, 1.54) is 0 Å². The number of ether oxygens (including phenoxy) is 1. The fourth-order valence-corrected chi connectivity index (χ4v) is 3.70. The van der Waals surface area contributed by atoms with Gasteiger partial charge in [-0.25, -0.2) is 0 Å². The van der Waals surface area contributed by atoms with Crippen molar-refractivity contribution in [3.05, 3.63) is 11.8 Å².